The molecular formula is C20H44O2Si. The number of hydrogen-bond donors (Lipinski definition) is 0. The third-order valence-corrected chi connectivity index (χ3v) is 8.70. The van der Waals surface area contributed by atoms with E-state index in [9.17, 15) is 0 Å². The topological polar surface area (TPSA) is 18.5 Å². The zero-order chi connectivity index (χ0) is 17.6. The van der Waals surface area contributed by atoms with Gasteiger partial charge in [0.2, 0.25) is 0 Å². The molecule has 0 spiro atoms. The highest BCUT2D eigenvalue weighted by molar-refractivity contribution is 6.67. The molecule has 0 saturated carbocycles. The molecule has 0 aliphatic rings. The quantitative estimate of drug-likeness (QED) is 0.217. The van der Waals surface area contributed by atoms with Crippen molar-refractivity contribution in [1.82, 2.24) is 0 Å². The molecule has 2 atom stereocenters. The molecule has 0 saturated heterocycles. The monoisotopic (exact) mass is 344 g/mol. The van der Waals surface area contributed by atoms with Gasteiger partial charge in [-0.25, -0.2) is 0 Å². The molecule has 0 amide bonds. The van der Waals surface area contributed by atoms with E-state index >= 15 is 0 Å². The third kappa shape index (κ3) is 11.3. The van der Waals surface area contributed by atoms with Crippen LogP contribution in [0.1, 0.15) is 106 Å². The second kappa shape index (κ2) is 14.5. The van der Waals surface area contributed by atoms with Crippen molar-refractivity contribution in [1.29, 1.82) is 0 Å². The Kier molecular flexibility index (Phi) is 14.6. The van der Waals surface area contributed by atoms with E-state index < -0.39 is 8.56 Å². The molecular weight excluding hydrogens is 300 g/mol. The summed E-state index contributed by atoms with van der Waals surface area (Å²) in [4.78, 5) is 0. The minimum Gasteiger partial charge on any atom is -0.391 e. The standard InChI is InChI=1S/C20H44O2Si/c1-7-11-13-15-17-23(21-19(5)9-3,22-20(6)10-4)18-16-14-12-8-2/h19-20H,7-18H2,1-6H3. The molecule has 3 heteroatoms. The molecule has 2 unspecified atom stereocenters. The van der Waals surface area contributed by atoms with Gasteiger partial charge in [-0.2, -0.15) is 0 Å². The predicted octanol–water partition coefficient (Wildman–Crippen LogP) is 7.22. The molecule has 0 aromatic rings. The molecule has 0 aromatic heterocycles. The zero-order valence-corrected chi connectivity index (χ0v) is 18.0. The summed E-state index contributed by atoms with van der Waals surface area (Å²) in [5.41, 5.74) is 0. The van der Waals surface area contributed by atoms with E-state index in [2.05, 4.69) is 41.5 Å². The fraction of sp³-hybridized carbons (Fsp3) is 1.00. The maximum Gasteiger partial charge on any atom is 0.338 e. The molecule has 140 valence electrons. The summed E-state index contributed by atoms with van der Waals surface area (Å²) in [5, 5.41) is 0. The Morgan fingerprint density at radius 2 is 1.00 bits per heavy atom. The van der Waals surface area contributed by atoms with Crippen molar-refractivity contribution in [2.24, 2.45) is 0 Å². The lowest BCUT2D eigenvalue weighted by Crippen LogP contribution is -2.46. The number of hydrogen-bond acceptors (Lipinski definition) is 2. The van der Waals surface area contributed by atoms with Gasteiger partial charge in [-0.15, -0.1) is 0 Å². The number of rotatable bonds is 16. The smallest absolute Gasteiger partial charge is 0.338 e. The first kappa shape index (κ1) is 23.1. The molecule has 23 heavy (non-hydrogen) atoms. The predicted molar refractivity (Wildman–Crippen MR) is 105 cm³/mol. The SMILES string of the molecule is CCCCCC[Si](CCCCCC)(OC(C)CC)OC(C)CC. The van der Waals surface area contributed by atoms with Crippen molar-refractivity contribution in [3.05, 3.63) is 0 Å². The van der Waals surface area contributed by atoms with Gasteiger partial charge in [0.05, 0.1) is 0 Å². The van der Waals surface area contributed by atoms with Crippen LogP contribution in [-0.2, 0) is 8.85 Å². The van der Waals surface area contributed by atoms with Gasteiger partial charge in [0.25, 0.3) is 0 Å². The zero-order valence-electron chi connectivity index (χ0n) is 17.0. The van der Waals surface area contributed by atoms with Gasteiger partial charge < -0.3 is 8.85 Å². The molecule has 0 N–H and O–H groups in total. The van der Waals surface area contributed by atoms with E-state index in [1.165, 1.54) is 63.5 Å². The van der Waals surface area contributed by atoms with Crippen molar-refractivity contribution >= 4 is 8.56 Å². The van der Waals surface area contributed by atoms with Gasteiger partial charge in [-0.3, -0.25) is 0 Å². The average Bonchev–Trinajstić information content (AvgIpc) is 2.55. The Morgan fingerprint density at radius 3 is 1.30 bits per heavy atom. The molecule has 0 fully saturated rings. The first-order chi connectivity index (χ1) is 11.0. The minimum atomic E-state index is -2.06. The molecule has 0 heterocycles. The Morgan fingerprint density at radius 1 is 0.609 bits per heavy atom. The largest absolute Gasteiger partial charge is 0.391 e. The normalized spacial score (nSPS) is 14.9. The lowest BCUT2D eigenvalue weighted by atomic mass is 10.2. The Bertz CT molecular complexity index is 232. The van der Waals surface area contributed by atoms with Crippen LogP contribution in [0, 0.1) is 0 Å². The van der Waals surface area contributed by atoms with Gasteiger partial charge >= 0.3 is 8.56 Å². The summed E-state index contributed by atoms with van der Waals surface area (Å²) >= 11 is 0. The molecule has 0 aliphatic carbocycles. The highest BCUT2D eigenvalue weighted by Crippen LogP contribution is 2.29. The summed E-state index contributed by atoms with van der Waals surface area (Å²) in [5.74, 6) is 0. The molecule has 0 aliphatic heterocycles. The van der Waals surface area contributed by atoms with Crippen LogP contribution in [0.3, 0.4) is 0 Å². The summed E-state index contributed by atoms with van der Waals surface area (Å²) in [6.45, 7) is 13.4. The van der Waals surface area contributed by atoms with Crippen molar-refractivity contribution in [2.75, 3.05) is 0 Å². The van der Waals surface area contributed by atoms with E-state index in [4.69, 9.17) is 8.85 Å². The molecule has 0 bridgehead atoms. The molecule has 2 nitrogen and oxygen atoms in total. The van der Waals surface area contributed by atoms with Crippen LogP contribution in [-0.4, -0.2) is 20.8 Å². The Labute approximate surface area is 148 Å². The first-order valence-corrected chi connectivity index (χ1v) is 12.6. The Balaban J connectivity index is 4.84. The van der Waals surface area contributed by atoms with Gasteiger partial charge in [0, 0.05) is 12.2 Å². The van der Waals surface area contributed by atoms with E-state index in [1.54, 1.807) is 0 Å². The van der Waals surface area contributed by atoms with Gasteiger partial charge in [-0.05, 0) is 38.8 Å². The van der Waals surface area contributed by atoms with Crippen LogP contribution >= 0.6 is 0 Å². The third-order valence-electron chi connectivity index (χ3n) is 4.80. The van der Waals surface area contributed by atoms with Crippen LogP contribution in [0.4, 0.5) is 0 Å². The van der Waals surface area contributed by atoms with Crippen LogP contribution in [0.15, 0.2) is 0 Å². The second-order valence-electron chi connectivity index (χ2n) is 7.21. The lowest BCUT2D eigenvalue weighted by Gasteiger charge is -2.36. The maximum absolute atomic E-state index is 6.64. The highest BCUT2D eigenvalue weighted by Gasteiger charge is 2.39. The maximum atomic E-state index is 6.64. The molecule has 0 rings (SSSR count). The van der Waals surface area contributed by atoms with Crippen molar-refractivity contribution < 1.29 is 8.85 Å². The summed E-state index contributed by atoms with van der Waals surface area (Å²) < 4.78 is 13.3. The molecule has 0 radical (unpaired) electrons. The summed E-state index contributed by atoms with van der Waals surface area (Å²) in [7, 11) is -2.06. The average molecular weight is 345 g/mol. The van der Waals surface area contributed by atoms with Gasteiger partial charge in [0.1, 0.15) is 0 Å². The van der Waals surface area contributed by atoms with Crippen LogP contribution in [0.5, 0.6) is 0 Å². The fourth-order valence-corrected chi connectivity index (χ4v) is 7.08. The fourth-order valence-electron chi connectivity index (χ4n) is 2.93. The highest BCUT2D eigenvalue weighted by atomic mass is 28.4. The van der Waals surface area contributed by atoms with Crippen molar-refractivity contribution in [3.8, 4) is 0 Å². The van der Waals surface area contributed by atoms with Crippen molar-refractivity contribution in [2.45, 2.75) is 130 Å². The van der Waals surface area contributed by atoms with Crippen LogP contribution in [0.25, 0.3) is 0 Å². The van der Waals surface area contributed by atoms with E-state index in [0.717, 1.165) is 12.8 Å². The number of unbranched alkanes of at least 4 members (excludes halogenated alkanes) is 6. The summed E-state index contributed by atoms with van der Waals surface area (Å²) in [6.07, 6.45) is 13.3. The minimum absolute atomic E-state index is 0.336. The first-order valence-electron chi connectivity index (χ1n) is 10.4. The van der Waals surface area contributed by atoms with Crippen LogP contribution in [0.2, 0.25) is 12.1 Å². The molecule has 0 aromatic carbocycles. The van der Waals surface area contributed by atoms with E-state index in [0.29, 0.717) is 12.2 Å². The van der Waals surface area contributed by atoms with Gasteiger partial charge in [0.15, 0.2) is 0 Å². The van der Waals surface area contributed by atoms with Crippen LogP contribution < -0.4 is 0 Å². The van der Waals surface area contributed by atoms with E-state index in [1.807, 2.05) is 0 Å². The second-order valence-corrected chi connectivity index (χ2v) is 10.5. The lowest BCUT2D eigenvalue weighted by molar-refractivity contribution is 0.0854. The summed E-state index contributed by atoms with van der Waals surface area (Å²) in [6, 6.07) is 2.38. The Hall–Kier alpha value is 0.137. The van der Waals surface area contributed by atoms with Gasteiger partial charge in [-0.1, -0.05) is 79.1 Å². The van der Waals surface area contributed by atoms with E-state index in [-0.39, 0.29) is 0 Å². The van der Waals surface area contributed by atoms with Crippen molar-refractivity contribution in [3.63, 3.8) is 0 Å².